The molecule has 0 aromatic heterocycles. The average Bonchev–Trinajstić information content (AvgIpc) is 3.43. The Morgan fingerprint density at radius 3 is 2.68 bits per heavy atom. The number of nitrogens with one attached hydrogen (secondary N) is 1. The van der Waals surface area contributed by atoms with E-state index in [0.29, 0.717) is 41.1 Å². The minimum Gasteiger partial charge on any atom is -0.489 e. The molecular formula is C28H27ClN4O4. The van der Waals surface area contributed by atoms with Crippen LogP contribution in [0.4, 0.5) is 0 Å². The highest BCUT2D eigenvalue weighted by atomic mass is 35.5. The Hall–Kier alpha value is -3.41. The number of hydrogen-bond donors (Lipinski definition) is 1. The maximum atomic E-state index is 13.0. The van der Waals surface area contributed by atoms with E-state index in [2.05, 4.69) is 16.3 Å². The number of nitrogens with zero attached hydrogens (tertiary/aromatic N) is 3. The average molecular weight is 519 g/mol. The monoisotopic (exact) mass is 518 g/mol. The van der Waals surface area contributed by atoms with Gasteiger partial charge in [-0.3, -0.25) is 24.6 Å². The standard InChI is InChI=1S/C28H27ClN4O4/c29-19-4-6-21(16(10-19)12-30)18-13-32(14-18)23-2-1-3-25(23)37-20-5-7-22-17(11-20)15-33(28(22)36)24-8-9-26(34)31-27(24)35/h4-7,10-11,18,23-25H,1-3,8-9,13-15H2,(H,31,34,35)/t23?,24?,25-/m0/s1. The number of halogens is 1. The lowest BCUT2D eigenvalue weighted by molar-refractivity contribution is -0.136. The summed E-state index contributed by atoms with van der Waals surface area (Å²) < 4.78 is 6.46. The zero-order valence-electron chi connectivity index (χ0n) is 20.3. The summed E-state index contributed by atoms with van der Waals surface area (Å²) in [6.07, 6.45) is 3.77. The number of fused-ring (bicyclic) bond motifs is 1. The molecule has 2 saturated heterocycles. The van der Waals surface area contributed by atoms with Gasteiger partial charge in [0.25, 0.3) is 5.91 Å². The third-order valence-corrected chi connectivity index (χ3v) is 8.39. The molecular weight excluding hydrogens is 492 g/mol. The maximum Gasteiger partial charge on any atom is 0.255 e. The molecule has 3 aliphatic heterocycles. The van der Waals surface area contributed by atoms with E-state index in [4.69, 9.17) is 16.3 Å². The van der Waals surface area contributed by atoms with E-state index in [1.54, 1.807) is 17.0 Å². The molecule has 8 nitrogen and oxygen atoms in total. The Labute approximate surface area is 220 Å². The normalized spacial score (nSPS) is 26.0. The Morgan fingerprint density at radius 2 is 1.89 bits per heavy atom. The van der Waals surface area contributed by atoms with E-state index in [-0.39, 0.29) is 24.3 Å². The molecule has 1 aliphatic carbocycles. The van der Waals surface area contributed by atoms with E-state index in [9.17, 15) is 19.6 Å². The summed E-state index contributed by atoms with van der Waals surface area (Å²) in [7, 11) is 0. The molecule has 4 aliphatic rings. The van der Waals surface area contributed by atoms with Crippen LogP contribution >= 0.6 is 11.6 Å². The van der Waals surface area contributed by atoms with E-state index >= 15 is 0 Å². The second-order valence-corrected chi connectivity index (χ2v) is 10.8. The highest BCUT2D eigenvalue weighted by Gasteiger charge is 2.42. The number of likely N-dealkylation sites (tertiary alicyclic amines) is 1. The number of hydrogen-bond acceptors (Lipinski definition) is 6. The molecule has 3 fully saturated rings. The van der Waals surface area contributed by atoms with Crippen LogP contribution in [0.2, 0.25) is 5.02 Å². The molecule has 1 N–H and O–H groups in total. The summed E-state index contributed by atoms with van der Waals surface area (Å²) in [5, 5.41) is 12.4. The van der Waals surface area contributed by atoms with Gasteiger partial charge in [-0.25, -0.2) is 0 Å². The minimum absolute atomic E-state index is 0.0583. The van der Waals surface area contributed by atoms with Gasteiger partial charge in [-0.05, 0) is 67.1 Å². The third kappa shape index (κ3) is 4.36. The third-order valence-electron chi connectivity index (χ3n) is 8.15. The Kier molecular flexibility index (Phi) is 6.13. The molecule has 2 unspecified atom stereocenters. The summed E-state index contributed by atoms with van der Waals surface area (Å²) in [6.45, 7) is 2.11. The van der Waals surface area contributed by atoms with Gasteiger partial charge in [-0.1, -0.05) is 17.7 Å². The second kappa shape index (κ2) is 9.47. The minimum atomic E-state index is -0.622. The highest BCUT2D eigenvalue weighted by Crippen LogP contribution is 2.38. The van der Waals surface area contributed by atoms with Crippen LogP contribution in [0, 0.1) is 11.3 Å². The SMILES string of the molecule is N#Cc1cc(Cl)ccc1C1CN(C2CCC[C@@H]2Oc2ccc3c(c2)CN(C2CCC(=O)NC2=O)C3=O)C1. The number of imide groups is 1. The summed E-state index contributed by atoms with van der Waals surface area (Å²) >= 11 is 6.06. The van der Waals surface area contributed by atoms with Crippen molar-refractivity contribution in [2.75, 3.05) is 13.1 Å². The molecule has 3 heterocycles. The predicted octanol–water partition coefficient (Wildman–Crippen LogP) is 3.37. The largest absolute Gasteiger partial charge is 0.489 e. The van der Waals surface area contributed by atoms with Gasteiger partial charge in [-0.2, -0.15) is 5.26 Å². The number of amides is 3. The number of piperidine rings is 1. The molecule has 3 atom stereocenters. The van der Waals surface area contributed by atoms with Crippen LogP contribution in [-0.4, -0.2) is 58.8 Å². The molecule has 1 saturated carbocycles. The van der Waals surface area contributed by atoms with Crippen molar-refractivity contribution >= 4 is 29.3 Å². The van der Waals surface area contributed by atoms with Crippen LogP contribution in [0.1, 0.15) is 65.1 Å². The van der Waals surface area contributed by atoms with Crippen molar-refractivity contribution < 1.29 is 19.1 Å². The van der Waals surface area contributed by atoms with Crippen LogP contribution in [0.5, 0.6) is 5.75 Å². The Bertz CT molecular complexity index is 1330. The van der Waals surface area contributed by atoms with Gasteiger partial charge in [0.2, 0.25) is 11.8 Å². The first kappa shape index (κ1) is 24.0. The van der Waals surface area contributed by atoms with E-state index < -0.39 is 11.9 Å². The first-order chi connectivity index (χ1) is 17.9. The van der Waals surface area contributed by atoms with Gasteiger partial charge in [0.15, 0.2) is 0 Å². The summed E-state index contributed by atoms with van der Waals surface area (Å²) in [6, 6.07) is 13.1. The number of carbonyl (C=O) groups is 3. The van der Waals surface area contributed by atoms with Crippen LogP contribution < -0.4 is 10.1 Å². The van der Waals surface area contributed by atoms with E-state index in [1.165, 1.54) is 0 Å². The van der Waals surface area contributed by atoms with E-state index in [0.717, 1.165) is 49.2 Å². The lowest BCUT2D eigenvalue weighted by Gasteiger charge is -2.45. The first-order valence-electron chi connectivity index (χ1n) is 12.8. The van der Waals surface area contributed by atoms with Gasteiger partial charge >= 0.3 is 0 Å². The van der Waals surface area contributed by atoms with Crippen molar-refractivity contribution in [3.05, 3.63) is 63.7 Å². The van der Waals surface area contributed by atoms with Crippen LogP contribution in [0.25, 0.3) is 0 Å². The van der Waals surface area contributed by atoms with Gasteiger partial charge in [-0.15, -0.1) is 0 Å². The molecule has 9 heteroatoms. The van der Waals surface area contributed by atoms with Gasteiger partial charge in [0.1, 0.15) is 17.9 Å². The molecule has 0 bridgehead atoms. The van der Waals surface area contributed by atoms with E-state index in [1.807, 2.05) is 24.3 Å². The zero-order valence-corrected chi connectivity index (χ0v) is 21.0. The number of ether oxygens (including phenoxy) is 1. The van der Waals surface area contributed by atoms with Crippen molar-refractivity contribution in [2.24, 2.45) is 0 Å². The number of nitriles is 1. The fourth-order valence-corrected chi connectivity index (χ4v) is 6.39. The van der Waals surface area contributed by atoms with Crippen LogP contribution in [-0.2, 0) is 16.1 Å². The second-order valence-electron chi connectivity index (χ2n) is 10.4. The molecule has 2 aromatic rings. The lowest BCUT2D eigenvalue weighted by Crippen LogP contribution is -2.54. The lowest BCUT2D eigenvalue weighted by atomic mass is 9.86. The Balaban J connectivity index is 1.11. The quantitative estimate of drug-likeness (QED) is 0.609. The van der Waals surface area contributed by atoms with Crippen molar-refractivity contribution in [1.82, 2.24) is 15.1 Å². The highest BCUT2D eigenvalue weighted by molar-refractivity contribution is 6.30. The molecule has 0 spiro atoms. The van der Waals surface area contributed by atoms with Crippen molar-refractivity contribution in [3.8, 4) is 11.8 Å². The van der Waals surface area contributed by atoms with Crippen LogP contribution in [0.15, 0.2) is 36.4 Å². The Morgan fingerprint density at radius 1 is 1.05 bits per heavy atom. The zero-order chi connectivity index (χ0) is 25.7. The summed E-state index contributed by atoms with van der Waals surface area (Å²) in [4.78, 5) is 40.8. The molecule has 37 heavy (non-hydrogen) atoms. The van der Waals surface area contributed by atoms with Gasteiger partial charge in [0.05, 0.1) is 11.6 Å². The fourth-order valence-electron chi connectivity index (χ4n) is 6.22. The van der Waals surface area contributed by atoms with Gasteiger partial charge < -0.3 is 9.64 Å². The smallest absolute Gasteiger partial charge is 0.255 e. The molecule has 6 rings (SSSR count). The molecule has 0 radical (unpaired) electrons. The summed E-state index contributed by atoms with van der Waals surface area (Å²) in [5.74, 6) is 0.170. The van der Waals surface area contributed by atoms with Gasteiger partial charge in [0, 0.05) is 48.6 Å². The number of carbonyl (C=O) groups excluding carboxylic acids is 3. The summed E-state index contributed by atoms with van der Waals surface area (Å²) in [5.41, 5.74) is 3.14. The van der Waals surface area contributed by atoms with Crippen LogP contribution in [0.3, 0.4) is 0 Å². The topological polar surface area (TPSA) is 103 Å². The fraction of sp³-hybridized carbons (Fsp3) is 0.429. The molecule has 3 amide bonds. The molecule has 2 aromatic carbocycles. The first-order valence-corrected chi connectivity index (χ1v) is 13.2. The maximum absolute atomic E-state index is 13.0. The number of rotatable bonds is 5. The number of benzene rings is 2. The van der Waals surface area contributed by atoms with Crippen molar-refractivity contribution in [3.63, 3.8) is 0 Å². The predicted molar refractivity (Wildman–Crippen MR) is 135 cm³/mol. The van der Waals surface area contributed by atoms with Crippen molar-refractivity contribution in [2.45, 2.75) is 62.8 Å². The van der Waals surface area contributed by atoms with Crippen molar-refractivity contribution in [1.29, 1.82) is 5.26 Å². The molecule has 190 valence electrons.